The number of aromatic nitrogens is 2. The summed E-state index contributed by atoms with van der Waals surface area (Å²) in [6, 6.07) is 11.7. The Bertz CT molecular complexity index is 908. The van der Waals surface area contributed by atoms with Crippen LogP contribution in [0.25, 0.3) is 0 Å². The minimum Gasteiger partial charge on any atom is -0.321 e. The lowest BCUT2D eigenvalue weighted by molar-refractivity contribution is -0.129. The summed E-state index contributed by atoms with van der Waals surface area (Å²) in [5.41, 5.74) is 5.06. The average molecular weight is 381 g/mol. The monoisotopic (exact) mass is 381 g/mol. The predicted molar refractivity (Wildman–Crippen MR) is 103 cm³/mol. The molecule has 28 heavy (non-hydrogen) atoms. The van der Waals surface area contributed by atoms with Crippen molar-refractivity contribution in [1.82, 2.24) is 25.8 Å². The van der Waals surface area contributed by atoms with Crippen molar-refractivity contribution in [3.63, 3.8) is 0 Å². The van der Waals surface area contributed by atoms with Crippen molar-refractivity contribution in [2.24, 2.45) is 11.8 Å². The maximum absolute atomic E-state index is 12.7. The smallest absolute Gasteiger partial charge is 0.230 e. The standard InChI is InChI=1S/C19H23N7O2/c1-11-9-15(21-17(27)12-7-8-12)26(24-11)19-22-16-14(18(28)23-19)10-20-25(16)13-5-3-2-4-6-13/h2-6,9,12,14,16,19-20,22H,7-8,10H2,1H3,(H,21,27)(H,23,28). The number of amides is 2. The van der Waals surface area contributed by atoms with Crippen molar-refractivity contribution < 1.29 is 9.59 Å². The molecule has 3 heterocycles. The number of hydrazine groups is 1. The minimum absolute atomic E-state index is 0.00890. The number of anilines is 2. The van der Waals surface area contributed by atoms with Crippen molar-refractivity contribution in [3.8, 4) is 0 Å². The molecule has 4 N–H and O–H groups in total. The summed E-state index contributed by atoms with van der Waals surface area (Å²) < 4.78 is 1.64. The molecule has 1 saturated carbocycles. The number of rotatable bonds is 4. The van der Waals surface area contributed by atoms with E-state index in [0.717, 1.165) is 24.2 Å². The second kappa shape index (κ2) is 6.61. The summed E-state index contributed by atoms with van der Waals surface area (Å²) in [5.74, 6) is 0.414. The first kappa shape index (κ1) is 17.2. The Hall–Kier alpha value is -2.91. The van der Waals surface area contributed by atoms with Gasteiger partial charge in [-0.25, -0.2) is 10.1 Å². The number of aryl methyl sites for hydroxylation is 1. The van der Waals surface area contributed by atoms with Crippen LogP contribution in [0.2, 0.25) is 0 Å². The van der Waals surface area contributed by atoms with Crippen LogP contribution in [0.3, 0.4) is 0 Å². The summed E-state index contributed by atoms with van der Waals surface area (Å²) in [5, 5.41) is 15.9. The third kappa shape index (κ3) is 3.02. The van der Waals surface area contributed by atoms with Gasteiger partial charge in [0.25, 0.3) is 0 Å². The number of fused-ring (bicyclic) bond motifs is 1. The lowest BCUT2D eigenvalue weighted by atomic mass is 10.0. The third-order valence-electron chi connectivity index (χ3n) is 5.42. The lowest BCUT2D eigenvalue weighted by Crippen LogP contribution is -2.61. The Balaban J connectivity index is 1.41. The Labute approximate surface area is 162 Å². The molecule has 1 aromatic carbocycles. The van der Waals surface area contributed by atoms with Gasteiger partial charge in [0.15, 0.2) is 6.29 Å². The number of carbonyl (C=O) groups is 2. The van der Waals surface area contributed by atoms with E-state index in [-0.39, 0.29) is 29.8 Å². The number of para-hydroxylation sites is 1. The highest BCUT2D eigenvalue weighted by Gasteiger charge is 2.45. The molecule has 0 bridgehead atoms. The number of nitrogens with zero attached hydrogens (tertiary/aromatic N) is 3. The van der Waals surface area contributed by atoms with Crippen LogP contribution in [0.5, 0.6) is 0 Å². The van der Waals surface area contributed by atoms with Gasteiger partial charge in [-0.15, -0.1) is 0 Å². The maximum Gasteiger partial charge on any atom is 0.230 e. The van der Waals surface area contributed by atoms with E-state index < -0.39 is 6.29 Å². The zero-order valence-electron chi connectivity index (χ0n) is 15.6. The predicted octanol–water partition coefficient (Wildman–Crippen LogP) is 0.683. The van der Waals surface area contributed by atoms with Crippen molar-refractivity contribution in [1.29, 1.82) is 0 Å². The molecule has 9 nitrogen and oxygen atoms in total. The van der Waals surface area contributed by atoms with Crippen molar-refractivity contribution in [2.45, 2.75) is 32.2 Å². The molecule has 3 aliphatic rings. The molecule has 146 valence electrons. The topological polar surface area (TPSA) is 103 Å². The SMILES string of the molecule is Cc1cc(NC(=O)C2CC2)n(C2NC(=O)C3CNN(c4ccccc4)C3N2)n1. The summed E-state index contributed by atoms with van der Waals surface area (Å²) in [6.07, 6.45) is 1.08. The molecule has 9 heteroatoms. The van der Waals surface area contributed by atoms with Gasteiger partial charge in [0.2, 0.25) is 11.8 Å². The highest BCUT2D eigenvalue weighted by molar-refractivity contribution is 5.93. The van der Waals surface area contributed by atoms with Gasteiger partial charge in [0, 0.05) is 18.5 Å². The van der Waals surface area contributed by atoms with E-state index in [0.29, 0.717) is 12.4 Å². The molecule has 3 atom stereocenters. The van der Waals surface area contributed by atoms with Gasteiger partial charge in [-0.2, -0.15) is 5.10 Å². The van der Waals surface area contributed by atoms with Crippen LogP contribution in [0.1, 0.15) is 24.8 Å². The van der Waals surface area contributed by atoms with Crippen LogP contribution in [0.15, 0.2) is 36.4 Å². The fraction of sp³-hybridized carbons (Fsp3) is 0.421. The molecule has 2 aromatic rings. The van der Waals surface area contributed by atoms with Gasteiger partial charge in [0.1, 0.15) is 12.0 Å². The van der Waals surface area contributed by atoms with E-state index in [1.165, 1.54) is 0 Å². The highest BCUT2D eigenvalue weighted by atomic mass is 16.2. The number of hydrogen-bond acceptors (Lipinski definition) is 6. The largest absolute Gasteiger partial charge is 0.321 e. The van der Waals surface area contributed by atoms with E-state index in [1.54, 1.807) is 4.68 Å². The number of carbonyl (C=O) groups excluding carboxylic acids is 2. The normalized spacial score (nSPS) is 26.7. The van der Waals surface area contributed by atoms with Gasteiger partial charge in [-0.1, -0.05) is 18.2 Å². The molecule has 2 amide bonds. The van der Waals surface area contributed by atoms with Crippen LogP contribution < -0.4 is 26.4 Å². The van der Waals surface area contributed by atoms with Crippen molar-refractivity contribution in [3.05, 3.63) is 42.1 Å². The molecule has 2 aliphatic heterocycles. The van der Waals surface area contributed by atoms with Crippen molar-refractivity contribution >= 4 is 23.3 Å². The first-order valence-electron chi connectivity index (χ1n) is 9.61. The summed E-state index contributed by atoms with van der Waals surface area (Å²) in [4.78, 5) is 25.0. The summed E-state index contributed by atoms with van der Waals surface area (Å²) in [6.45, 7) is 2.42. The number of nitrogens with one attached hydrogen (secondary N) is 4. The second-order valence-electron chi connectivity index (χ2n) is 7.58. The van der Waals surface area contributed by atoms with Crippen LogP contribution in [-0.2, 0) is 9.59 Å². The van der Waals surface area contributed by atoms with Gasteiger partial charge in [-0.3, -0.25) is 19.9 Å². The van der Waals surface area contributed by atoms with E-state index in [1.807, 2.05) is 48.3 Å². The Kier molecular flexibility index (Phi) is 4.06. The van der Waals surface area contributed by atoms with Crippen LogP contribution in [0.4, 0.5) is 11.5 Å². The van der Waals surface area contributed by atoms with E-state index in [4.69, 9.17) is 0 Å². The molecule has 5 rings (SSSR count). The first-order valence-corrected chi connectivity index (χ1v) is 9.61. The van der Waals surface area contributed by atoms with Gasteiger partial charge < -0.3 is 10.6 Å². The molecule has 1 aliphatic carbocycles. The highest BCUT2D eigenvalue weighted by Crippen LogP contribution is 2.31. The summed E-state index contributed by atoms with van der Waals surface area (Å²) in [7, 11) is 0. The molecule has 2 saturated heterocycles. The quantitative estimate of drug-likeness (QED) is 0.621. The molecule has 3 unspecified atom stereocenters. The molecular formula is C19H23N7O2. The molecule has 3 fully saturated rings. The average Bonchev–Trinajstić information content (AvgIpc) is 3.36. The van der Waals surface area contributed by atoms with E-state index in [9.17, 15) is 9.59 Å². The second-order valence-corrected chi connectivity index (χ2v) is 7.58. The fourth-order valence-corrected chi connectivity index (χ4v) is 3.81. The fourth-order valence-electron chi connectivity index (χ4n) is 3.81. The number of hydrogen-bond donors (Lipinski definition) is 4. The van der Waals surface area contributed by atoms with E-state index >= 15 is 0 Å². The molecule has 1 aromatic heterocycles. The molecule has 0 spiro atoms. The summed E-state index contributed by atoms with van der Waals surface area (Å²) >= 11 is 0. The van der Waals surface area contributed by atoms with Crippen molar-refractivity contribution in [2.75, 3.05) is 16.9 Å². The van der Waals surface area contributed by atoms with Crippen LogP contribution in [-0.4, -0.2) is 34.3 Å². The lowest BCUT2D eigenvalue weighted by Gasteiger charge is -2.37. The van der Waals surface area contributed by atoms with Crippen LogP contribution in [0, 0.1) is 18.8 Å². The first-order chi connectivity index (χ1) is 13.6. The Morgan fingerprint density at radius 2 is 2.04 bits per heavy atom. The van der Waals surface area contributed by atoms with Gasteiger partial charge in [-0.05, 0) is 31.9 Å². The minimum atomic E-state index is -0.553. The van der Waals surface area contributed by atoms with E-state index in [2.05, 4.69) is 26.5 Å². The zero-order valence-corrected chi connectivity index (χ0v) is 15.6. The Morgan fingerprint density at radius 3 is 2.79 bits per heavy atom. The maximum atomic E-state index is 12.7. The van der Waals surface area contributed by atoms with Crippen LogP contribution >= 0.6 is 0 Å². The number of benzene rings is 1. The van der Waals surface area contributed by atoms with Gasteiger partial charge in [0.05, 0.1) is 17.3 Å². The molecule has 0 radical (unpaired) electrons. The zero-order chi connectivity index (χ0) is 19.3. The molecular weight excluding hydrogens is 358 g/mol. The Morgan fingerprint density at radius 1 is 1.25 bits per heavy atom. The third-order valence-corrected chi connectivity index (χ3v) is 5.42. The van der Waals surface area contributed by atoms with Gasteiger partial charge >= 0.3 is 0 Å².